The van der Waals surface area contributed by atoms with Gasteiger partial charge in [-0.2, -0.15) is 0 Å². The second-order valence-corrected chi connectivity index (χ2v) is 10.8. The number of thiol groups is 1. The van der Waals surface area contributed by atoms with Crippen LogP contribution in [0, 0.1) is 0 Å². The number of anilines is 1. The molecule has 30 heavy (non-hydrogen) atoms. The molecule has 1 atom stereocenters. The van der Waals surface area contributed by atoms with Gasteiger partial charge in [0.25, 0.3) is 0 Å². The van der Waals surface area contributed by atoms with E-state index in [1.807, 2.05) is 29.6 Å². The number of aromatic nitrogens is 2. The Morgan fingerprint density at radius 2 is 1.93 bits per heavy atom. The third-order valence-corrected chi connectivity index (χ3v) is 7.72. The molecule has 0 aliphatic heterocycles. The van der Waals surface area contributed by atoms with Gasteiger partial charge >= 0.3 is 0 Å². The van der Waals surface area contributed by atoms with Crippen LogP contribution in [-0.4, -0.2) is 25.5 Å². The van der Waals surface area contributed by atoms with Gasteiger partial charge < -0.3 is 5.11 Å². The van der Waals surface area contributed by atoms with Crippen molar-refractivity contribution in [2.45, 2.75) is 11.0 Å². The zero-order valence-corrected chi connectivity index (χ0v) is 18.5. The standard InChI is InChI=1S/C22H20ClN3O2S2/c1-30(28,26-22-25-11-12-29-22)18-7-4-15(5-8-18)21(27)19-9-6-17(23)13-20(19)16-3-2-10-24-14-16/h2-14,21,27,30H,1H3,(H,25,26,28). The maximum absolute atomic E-state index is 13.1. The van der Waals surface area contributed by atoms with Gasteiger partial charge in [0, 0.05) is 45.7 Å². The van der Waals surface area contributed by atoms with Gasteiger partial charge in [-0.15, -0.1) is 11.3 Å². The fourth-order valence-corrected chi connectivity index (χ4v) is 5.73. The first-order chi connectivity index (χ1) is 14.4. The van der Waals surface area contributed by atoms with Crippen LogP contribution >= 0.6 is 22.9 Å². The summed E-state index contributed by atoms with van der Waals surface area (Å²) in [7, 11) is -2.83. The van der Waals surface area contributed by atoms with E-state index in [2.05, 4.69) is 14.7 Å². The zero-order valence-electron chi connectivity index (χ0n) is 16.1. The van der Waals surface area contributed by atoms with Crippen molar-refractivity contribution >= 4 is 38.2 Å². The summed E-state index contributed by atoms with van der Waals surface area (Å²) in [6, 6.07) is 16.3. The van der Waals surface area contributed by atoms with E-state index in [-0.39, 0.29) is 0 Å². The largest absolute Gasteiger partial charge is 0.384 e. The molecular formula is C22H20ClN3O2S2. The number of aliphatic hydroxyl groups excluding tert-OH is 1. The molecule has 0 aliphatic carbocycles. The molecule has 0 saturated heterocycles. The van der Waals surface area contributed by atoms with Crippen molar-refractivity contribution in [1.29, 1.82) is 0 Å². The zero-order chi connectivity index (χ0) is 21.1. The van der Waals surface area contributed by atoms with Crippen LogP contribution in [0.25, 0.3) is 11.1 Å². The van der Waals surface area contributed by atoms with Crippen molar-refractivity contribution in [3.63, 3.8) is 0 Å². The molecule has 2 heterocycles. The number of thiazole rings is 1. The van der Waals surface area contributed by atoms with Gasteiger partial charge in [-0.25, -0.2) is 4.98 Å². The van der Waals surface area contributed by atoms with E-state index >= 15 is 0 Å². The first-order valence-electron chi connectivity index (χ1n) is 9.18. The normalized spacial score (nSPS) is 13.0. The fraction of sp³-hybridized carbons (Fsp3) is 0.0909. The molecular weight excluding hydrogens is 438 g/mol. The van der Waals surface area contributed by atoms with Crippen molar-refractivity contribution in [3.05, 3.63) is 94.7 Å². The van der Waals surface area contributed by atoms with E-state index in [0.29, 0.717) is 20.6 Å². The number of pyridine rings is 1. The molecule has 0 spiro atoms. The van der Waals surface area contributed by atoms with Gasteiger partial charge in [-0.05, 0) is 57.1 Å². The van der Waals surface area contributed by atoms with Gasteiger partial charge in [0.1, 0.15) is 6.10 Å². The summed E-state index contributed by atoms with van der Waals surface area (Å²) >= 11 is 7.60. The molecule has 0 saturated carbocycles. The molecule has 0 amide bonds. The van der Waals surface area contributed by atoms with Crippen LogP contribution in [0.1, 0.15) is 17.2 Å². The Bertz CT molecular complexity index is 1180. The molecule has 4 rings (SSSR count). The molecule has 0 bridgehead atoms. The smallest absolute Gasteiger partial charge is 0.193 e. The van der Waals surface area contributed by atoms with Crippen LogP contribution < -0.4 is 4.72 Å². The van der Waals surface area contributed by atoms with Gasteiger partial charge in [0.2, 0.25) is 0 Å². The van der Waals surface area contributed by atoms with Crippen LogP contribution in [0.3, 0.4) is 0 Å². The predicted octanol–water partition coefficient (Wildman–Crippen LogP) is 4.97. The molecule has 5 nitrogen and oxygen atoms in total. The average molecular weight is 458 g/mol. The van der Waals surface area contributed by atoms with Gasteiger partial charge in [0.05, 0.1) is 0 Å². The summed E-state index contributed by atoms with van der Waals surface area (Å²) in [6.07, 6.45) is 5.90. The summed E-state index contributed by atoms with van der Waals surface area (Å²) in [4.78, 5) is 8.97. The van der Waals surface area contributed by atoms with Crippen molar-refractivity contribution in [1.82, 2.24) is 9.97 Å². The number of nitrogens with one attached hydrogen (secondary N) is 1. The molecule has 0 fully saturated rings. The Hall–Kier alpha value is -2.58. The second-order valence-electron chi connectivity index (χ2n) is 6.84. The first-order valence-corrected chi connectivity index (χ1v) is 12.6. The summed E-state index contributed by atoms with van der Waals surface area (Å²) in [6.45, 7) is 0. The molecule has 8 heteroatoms. The number of aliphatic hydroxyl groups is 1. The van der Waals surface area contributed by atoms with Gasteiger partial charge in [-0.3, -0.25) is 13.9 Å². The fourth-order valence-electron chi connectivity index (χ4n) is 3.19. The Morgan fingerprint density at radius 3 is 2.60 bits per heavy atom. The molecule has 2 aromatic carbocycles. The number of halogens is 1. The van der Waals surface area contributed by atoms with Gasteiger partial charge in [-0.1, -0.05) is 35.9 Å². The van der Waals surface area contributed by atoms with E-state index in [9.17, 15) is 9.32 Å². The predicted molar refractivity (Wildman–Crippen MR) is 125 cm³/mol. The minimum absolute atomic E-state index is 0.584. The number of hydrogen-bond acceptors (Lipinski definition) is 5. The van der Waals surface area contributed by atoms with Gasteiger partial charge in [0.15, 0.2) is 5.13 Å². The van der Waals surface area contributed by atoms with Crippen LogP contribution in [-0.2, 0) is 10.1 Å². The average Bonchev–Trinajstić information content (AvgIpc) is 3.26. The summed E-state index contributed by atoms with van der Waals surface area (Å²) < 4.78 is 16.1. The lowest BCUT2D eigenvalue weighted by Gasteiger charge is -2.22. The van der Waals surface area contributed by atoms with Crippen molar-refractivity contribution in [2.75, 3.05) is 11.0 Å². The quantitative estimate of drug-likeness (QED) is 0.357. The summed E-state index contributed by atoms with van der Waals surface area (Å²) in [5.41, 5.74) is 3.11. The molecule has 0 radical (unpaired) electrons. The Balaban J connectivity index is 1.63. The third kappa shape index (κ3) is 4.44. The number of nitrogens with zero attached hydrogens (tertiary/aromatic N) is 2. The lowest BCUT2D eigenvalue weighted by atomic mass is 9.93. The van der Waals surface area contributed by atoms with Crippen molar-refractivity contribution in [2.24, 2.45) is 0 Å². The lowest BCUT2D eigenvalue weighted by Crippen LogP contribution is -2.20. The molecule has 4 aromatic rings. The highest BCUT2D eigenvalue weighted by molar-refractivity contribution is 8.03. The van der Waals surface area contributed by atoms with Crippen LogP contribution in [0.2, 0.25) is 5.02 Å². The Labute approximate surface area is 185 Å². The topological polar surface area (TPSA) is 75.1 Å². The summed E-state index contributed by atoms with van der Waals surface area (Å²) in [5.74, 6) is 0. The maximum atomic E-state index is 13.1. The minimum Gasteiger partial charge on any atom is -0.384 e. The molecule has 1 unspecified atom stereocenters. The van der Waals surface area contributed by atoms with E-state index < -0.39 is 16.2 Å². The molecule has 154 valence electrons. The van der Waals surface area contributed by atoms with E-state index in [4.69, 9.17) is 11.6 Å². The maximum Gasteiger partial charge on any atom is 0.193 e. The highest BCUT2D eigenvalue weighted by Crippen LogP contribution is 2.34. The lowest BCUT2D eigenvalue weighted by molar-refractivity contribution is 0.221. The molecule has 0 aliphatic rings. The third-order valence-electron chi connectivity index (χ3n) is 4.73. The second kappa shape index (κ2) is 8.65. The SMILES string of the molecule is C[SH](=O)(Nc1nccs1)c1ccc(C(O)c2ccc(Cl)cc2-c2cccnc2)cc1. The molecule has 2 aromatic heterocycles. The van der Waals surface area contributed by atoms with Crippen molar-refractivity contribution in [3.8, 4) is 11.1 Å². The van der Waals surface area contributed by atoms with Crippen LogP contribution in [0.5, 0.6) is 0 Å². The number of rotatable bonds is 6. The van der Waals surface area contributed by atoms with E-state index in [0.717, 1.165) is 16.7 Å². The van der Waals surface area contributed by atoms with E-state index in [1.54, 1.807) is 55.2 Å². The Kier molecular flexibility index (Phi) is 5.97. The highest BCUT2D eigenvalue weighted by atomic mass is 35.5. The Morgan fingerprint density at radius 1 is 1.13 bits per heavy atom. The summed E-state index contributed by atoms with van der Waals surface area (Å²) in [5, 5.41) is 14.1. The first kappa shape index (κ1) is 20.7. The van der Waals surface area contributed by atoms with Crippen LogP contribution in [0.4, 0.5) is 5.13 Å². The van der Waals surface area contributed by atoms with Crippen LogP contribution in [0.15, 0.2) is 83.5 Å². The van der Waals surface area contributed by atoms with E-state index in [1.165, 1.54) is 11.3 Å². The monoisotopic (exact) mass is 457 g/mol. The number of hydrogen-bond donors (Lipinski definition) is 3. The number of benzene rings is 2. The van der Waals surface area contributed by atoms with Crippen molar-refractivity contribution < 1.29 is 9.32 Å². The minimum atomic E-state index is -2.83. The molecule has 2 N–H and O–H groups in total. The highest BCUT2D eigenvalue weighted by Gasteiger charge is 2.18.